The number of thiophene rings is 1. The maximum absolute atomic E-state index is 14.2. The van der Waals surface area contributed by atoms with E-state index in [-0.39, 0.29) is 11.6 Å². The Labute approximate surface area is 332 Å². The lowest BCUT2D eigenvalue weighted by molar-refractivity contribution is -0.116. The van der Waals surface area contributed by atoms with Crippen molar-refractivity contribution in [3.63, 3.8) is 0 Å². The van der Waals surface area contributed by atoms with Gasteiger partial charge in [0.05, 0.1) is 5.56 Å². The van der Waals surface area contributed by atoms with Crippen molar-refractivity contribution in [3.8, 4) is 6.07 Å². The number of anilines is 2. The minimum Gasteiger partial charge on any atom is -0.321 e. The number of halogens is 1. The molecule has 7 rings (SSSR count). The van der Waals surface area contributed by atoms with Gasteiger partial charge in [0.1, 0.15) is 27.8 Å². The van der Waals surface area contributed by atoms with Gasteiger partial charge in [-0.15, -0.1) is 23.1 Å². The predicted octanol–water partition coefficient (Wildman–Crippen LogP) is 9.20. The Morgan fingerprint density at radius 2 is 1.55 bits per heavy atom. The lowest BCUT2D eigenvalue weighted by atomic mass is 10.0. The van der Waals surface area contributed by atoms with Gasteiger partial charge in [0.25, 0.3) is 11.8 Å². The van der Waals surface area contributed by atoms with E-state index in [2.05, 4.69) is 39.1 Å². The van der Waals surface area contributed by atoms with E-state index in [0.717, 1.165) is 35.5 Å². The molecule has 1 atom stereocenters. The molecule has 1 aromatic heterocycles. The quantitative estimate of drug-likeness (QED) is 0.0844. The SMILES string of the molecule is N#Cc1c(NC(=O)C(Sc2cccc(NC(=O)/C(=C/c3ccc(F)cc3)NC(=O)c3ccccc3)c2)c2ccccc2)sc2c1CCN(Cc1ccccc1)C2. The van der Waals surface area contributed by atoms with Crippen LogP contribution >= 0.6 is 23.1 Å². The average molecular weight is 778 g/mol. The second-order valence-electron chi connectivity index (χ2n) is 13.1. The van der Waals surface area contributed by atoms with Crippen molar-refractivity contribution in [1.29, 1.82) is 5.26 Å². The first-order valence-electron chi connectivity index (χ1n) is 17.9. The largest absolute Gasteiger partial charge is 0.321 e. The zero-order valence-electron chi connectivity index (χ0n) is 30.1. The van der Waals surface area contributed by atoms with Gasteiger partial charge in [0.15, 0.2) is 0 Å². The van der Waals surface area contributed by atoms with Gasteiger partial charge in [-0.25, -0.2) is 4.39 Å². The van der Waals surface area contributed by atoms with Crippen molar-refractivity contribution in [2.45, 2.75) is 29.7 Å². The van der Waals surface area contributed by atoms with E-state index < -0.39 is 22.9 Å². The summed E-state index contributed by atoms with van der Waals surface area (Å²) in [6, 6.07) is 43.2. The third kappa shape index (κ3) is 9.48. The predicted molar refractivity (Wildman–Crippen MR) is 220 cm³/mol. The number of nitrogens with zero attached hydrogens (tertiary/aromatic N) is 2. The van der Waals surface area contributed by atoms with Crippen LogP contribution in [0.15, 0.2) is 150 Å². The van der Waals surface area contributed by atoms with Crippen molar-refractivity contribution in [2.75, 3.05) is 17.2 Å². The lowest BCUT2D eigenvalue weighted by Gasteiger charge is -2.26. The fraction of sp³-hybridized carbons (Fsp3) is 0.111. The number of thioether (sulfide) groups is 1. The van der Waals surface area contributed by atoms with Crippen LogP contribution in [0.1, 0.15) is 48.3 Å². The topological polar surface area (TPSA) is 114 Å². The fourth-order valence-electron chi connectivity index (χ4n) is 6.37. The monoisotopic (exact) mass is 777 g/mol. The molecule has 5 aromatic carbocycles. The van der Waals surface area contributed by atoms with E-state index in [1.165, 1.54) is 59.0 Å². The van der Waals surface area contributed by atoms with Crippen LogP contribution in [0.3, 0.4) is 0 Å². The Hall–Kier alpha value is -6.32. The molecule has 2 heterocycles. The number of nitriles is 1. The Bertz CT molecular complexity index is 2410. The van der Waals surface area contributed by atoms with Crippen molar-refractivity contribution >= 4 is 57.6 Å². The first-order valence-corrected chi connectivity index (χ1v) is 19.6. The number of benzene rings is 5. The standard InChI is InChI=1S/C45H36FN5O3S2/c46-34-21-19-30(20-22-34)25-39(49-42(52)33-15-8-3-9-16-33)43(53)48-35-17-10-18-36(26-35)55-41(32-13-6-2-7-14-32)44(54)50-45-38(27-47)37-23-24-51(29-40(37)56-45)28-31-11-4-1-5-12-31/h1-22,25-26,41H,23-24,28-29H2,(H,48,53)(H,49,52)(H,50,54)/b39-25-. The molecule has 0 fully saturated rings. The van der Waals surface area contributed by atoms with Crippen LogP contribution in [-0.2, 0) is 29.1 Å². The van der Waals surface area contributed by atoms with Crippen LogP contribution in [0.4, 0.5) is 15.1 Å². The molecule has 0 radical (unpaired) electrons. The number of carbonyl (C=O) groups is 3. The fourth-order valence-corrected chi connectivity index (χ4v) is 8.69. The van der Waals surface area contributed by atoms with E-state index in [9.17, 15) is 24.0 Å². The number of carbonyl (C=O) groups excluding carboxylic acids is 3. The van der Waals surface area contributed by atoms with E-state index >= 15 is 0 Å². The highest BCUT2D eigenvalue weighted by Gasteiger charge is 2.28. The Balaban J connectivity index is 1.09. The summed E-state index contributed by atoms with van der Waals surface area (Å²) in [7, 11) is 0. The normalized spacial score (nSPS) is 13.2. The van der Waals surface area contributed by atoms with Crippen LogP contribution in [0.2, 0.25) is 0 Å². The Morgan fingerprint density at radius 1 is 0.857 bits per heavy atom. The molecule has 0 bridgehead atoms. The summed E-state index contributed by atoms with van der Waals surface area (Å²) in [5, 5.41) is 18.7. The molecule has 1 unspecified atom stereocenters. The molecular formula is C45H36FN5O3S2. The molecule has 1 aliphatic heterocycles. The number of rotatable bonds is 12. The van der Waals surface area contributed by atoms with Crippen molar-refractivity contribution in [2.24, 2.45) is 0 Å². The van der Waals surface area contributed by atoms with Gasteiger partial charge in [0.2, 0.25) is 5.91 Å². The molecule has 11 heteroatoms. The van der Waals surface area contributed by atoms with Gasteiger partial charge >= 0.3 is 0 Å². The lowest BCUT2D eigenvalue weighted by Crippen LogP contribution is -2.30. The molecule has 56 heavy (non-hydrogen) atoms. The van der Waals surface area contributed by atoms with Crippen molar-refractivity contribution in [1.82, 2.24) is 10.2 Å². The summed E-state index contributed by atoms with van der Waals surface area (Å²) >= 11 is 2.77. The second-order valence-corrected chi connectivity index (χ2v) is 15.4. The maximum atomic E-state index is 14.2. The number of hydrogen-bond donors (Lipinski definition) is 3. The first kappa shape index (κ1) is 38.0. The third-order valence-corrected chi connectivity index (χ3v) is 11.5. The molecule has 278 valence electrons. The van der Waals surface area contributed by atoms with E-state index in [0.29, 0.717) is 38.8 Å². The third-order valence-electron chi connectivity index (χ3n) is 9.13. The molecule has 8 nitrogen and oxygen atoms in total. The number of amides is 3. The van der Waals surface area contributed by atoms with Crippen molar-refractivity contribution < 1.29 is 18.8 Å². The smallest absolute Gasteiger partial charge is 0.272 e. The molecule has 1 aliphatic rings. The highest BCUT2D eigenvalue weighted by atomic mass is 32.2. The highest BCUT2D eigenvalue weighted by molar-refractivity contribution is 8.00. The Kier molecular flexibility index (Phi) is 12.1. The van der Waals surface area contributed by atoms with Gasteiger partial charge in [-0.1, -0.05) is 97.1 Å². The summed E-state index contributed by atoms with van der Waals surface area (Å²) in [4.78, 5) is 45.1. The summed E-state index contributed by atoms with van der Waals surface area (Å²) in [5.41, 5.74) is 4.78. The van der Waals surface area contributed by atoms with E-state index in [1.807, 2.05) is 54.6 Å². The summed E-state index contributed by atoms with van der Waals surface area (Å²) in [6.07, 6.45) is 2.20. The molecule has 0 saturated heterocycles. The number of fused-ring (bicyclic) bond motifs is 1. The first-order chi connectivity index (χ1) is 27.3. The molecular weight excluding hydrogens is 742 g/mol. The van der Waals surface area contributed by atoms with Gasteiger partial charge in [0, 0.05) is 40.7 Å². The molecule has 3 amide bonds. The highest BCUT2D eigenvalue weighted by Crippen LogP contribution is 2.41. The molecule has 3 N–H and O–H groups in total. The van der Waals surface area contributed by atoms with Gasteiger partial charge < -0.3 is 16.0 Å². The maximum Gasteiger partial charge on any atom is 0.272 e. The zero-order chi connectivity index (χ0) is 38.9. The molecule has 0 spiro atoms. The summed E-state index contributed by atoms with van der Waals surface area (Å²) in [6.45, 7) is 2.33. The van der Waals surface area contributed by atoms with Crippen LogP contribution in [0.25, 0.3) is 6.08 Å². The van der Waals surface area contributed by atoms with Crippen molar-refractivity contribution in [3.05, 3.63) is 189 Å². The Morgan fingerprint density at radius 3 is 2.27 bits per heavy atom. The van der Waals surface area contributed by atoms with Crippen LogP contribution in [0, 0.1) is 17.1 Å². The number of hydrogen-bond acceptors (Lipinski definition) is 7. The molecule has 6 aromatic rings. The average Bonchev–Trinajstić information content (AvgIpc) is 3.57. The van der Waals surface area contributed by atoms with Crippen LogP contribution < -0.4 is 16.0 Å². The molecule has 0 saturated carbocycles. The van der Waals surface area contributed by atoms with Crippen LogP contribution in [0.5, 0.6) is 0 Å². The second kappa shape index (κ2) is 17.9. The summed E-state index contributed by atoms with van der Waals surface area (Å²) < 4.78 is 13.6. The minimum atomic E-state index is -0.693. The van der Waals surface area contributed by atoms with E-state index in [1.54, 1.807) is 48.5 Å². The number of nitrogens with one attached hydrogen (secondary N) is 3. The van der Waals surface area contributed by atoms with Crippen LogP contribution in [-0.4, -0.2) is 29.2 Å². The minimum absolute atomic E-state index is 0.0415. The summed E-state index contributed by atoms with van der Waals surface area (Å²) in [5.74, 6) is -1.78. The zero-order valence-corrected chi connectivity index (χ0v) is 31.7. The molecule has 0 aliphatic carbocycles. The van der Waals surface area contributed by atoms with Gasteiger partial charge in [-0.2, -0.15) is 5.26 Å². The van der Waals surface area contributed by atoms with Gasteiger partial charge in [-0.3, -0.25) is 19.3 Å². The van der Waals surface area contributed by atoms with Gasteiger partial charge in [-0.05, 0) is 77.2 Å². The van der Waals surface area contributed by atoms with E-state index in [4.69, 9.17) is 0 Å².